The Balaban J connectivity index is 2.01. The first-order chi connectivity index (χ1) is 14.3. The van der Waals surface area contributed by atoms with Crippen LogP contribution < -0.4 is 19.7 Å². The third-order valence-corrected chi connectivity index (χ3v) is 4.66. The van der Waals surface area contributed by atoms with Crippen molar-refractivity contribution >= 4 is 45.5 Å². The van der Waals surface area contributed by atoms with E-state index in [1.54, 1.807) is 12.1 Å². The summed E-state index contributed by atoms with van der Waals surface area (Å²) in [4.78, 5) is 38.3. The first-order valence-corrected chi connectivity index (χ1v) is 9.29. The number of benzene rings is 2. The quantitative estimate of drug-likeness (QED) is 0.395. The average Bonchev–Trinajstić information content (AvgIpc) is 2.71. The van der Waals surface area contributed by atoms with Crippen LogP contribution in [0.15, 0.2) is 46.4 Å². The van der Waals surface area contributed by atoms with E-state index in [1.807, 2.05) is 0 Å². The first-order valence-electron chi connectivity index (χ1n) is 8.50. The Morgan fingerprint density at radius 1 is 1.23 bits per heavy atom. The highest BCUT2D eigenvalue weighted by atomic mass is 79.9. The number of urea groups is 1. The zero-order valence-electron chi connectivity index (χ0n) is 15.6. The topological polar surface area (TPSA) is 105 Å². The monoisotopic (exact) mass is 470 g/mol. The van der Waals surface area contributed by atoms with Crippen molar-refractivity contribution in [2.24, 2.45) is 0 Å². The van der Waals surface area contributed by atoms with Gasteiger partial charge in [-0.05, 0) is 64.0 Å². The second kappa shape index (κ2) is 8.71. The molecule has 0 saturated carbocycles. The number of hydrogen-bond acceptors (Lipinski definition) is 6. The number of phenolic OH excluding ortho intramolecular Hbond substituents is 1. The molecule has 3 rings (SSSR count). The fraction of sp³-hybridized carbons (Fsp3) is 0.0952. The molecule has 2 aromatic rings. The summed E-state index contributed by atoms with van der Waals surface area (Å²) >= 11 is 3.35. The van der Waals surface area contributed by atoms with E-state index in [9.17, 15) is 19.5 Å². The molecule has 1 aliphatic heterocycles. The highest BCUT2D eigenvalue weighted by Crippen LogP contribution is 2.37. The molecule has 1 saturated heterocycles. The maximum absolute atomic E-state index is 12.9. The zero-order chi connectivity index (χ0) is 21.8. The molecule has 0 aliphatic carbocycles. The van der Waals surface area contributed by atoms with Crippen LogP contribution in [0, 0.1) is 12.3 Å². The first kappa shape index (κ1) is 21.0. The molecule has 1 heterocycles. The second-order valence-electron chi connectivity index (χ2n) is 6.00. The zero-order valence-corrected chi connectivity index (χ0v) is 17.2. The van der Waals surface area contributed by atoms with Crippen molar-refractivity contribution in [1.29, 1.82) is 0 Å². The van der Waals surface area contributed by atoms with E-state index in [0.29, 0.717) is 21.5 Å². The average molecular weight is 471 g/mol. The minimum absolute atomic E-state index is 0.0278. The Kier molecular flexibility index (Phi) is 6.09. The number of carbonyl (C=O) groups is 3. The van der Waals surface area contributed by atoms with Gasteiger partial charge in [0.15, 0.2) is 11.5 Å². The molecule has 0 aromatic heterocycles. The van der Waals surface area contributed by atoms with Gasteiger partial charge >= 0.3 is 6.03 Å². The number of barbiturate groups is 1. The predicted octanol–water partition coefficient (Wildman–Crippen LogP) is 2.84. The molecule has 2 aromatic carbocycles. The Morgan fingerprint density at radius 2 is 1.93 bits per heavy atom. The smallest absolute Gasteiger partial charge is 0.335 e. The number of rotatable bonds is 5. The van der Waals surface area contributed by atoms with Crippen LogP contribution in [0.5, 0.6) is 17.2 Å². The summed E-state index contributed by atoms with van der Waals surface area (Å²) in [6, 6.07) is 7.72. The number of halogens is 1. The largest absolute Gasteiger partial charge is 0.508 e. The Bertz CT molecular complexity index is 1100. The number of nitrogens with one attached hydrogen (secondary N) is 1. The van der Waals surface area contributed by atoms with Gasteiger partial charge in [-0.15, -0.1) is 6.42 Å². The molecule has 1 fully saturated rings. The fourth-order valence-electron chi connectivity index (χ4n) is 2.74. The molecule has 0 radical (unpaired) electrons. The molecular formula is C21H15BrN2O6. The number of anilines is 1. The number of ether oxygens (including phenoxy) is 2. The standard InChI is InChI=1S/C21H15BrN2O6/c1-3-8-30-18-16(22)10-12(11-17(18)29-2)9-15-19(26)23-21(28)24(20(15)27)13-4-6-14(25)7-5-13/h1,4-7,9-11,25H,8H2,2H3,(H,23,26,28)/b15-9+. The molecule has 2 N–H and O–H groups in total. The molecule has 4 amide bonds. The molecule has 0 spiro atoms. The molecule has 9 heteroatoms. The number of amides is 4. The second-order valence-corrected chi connectivity index (χ2v) is 6.86. The summed E-state index contributed by atoms with van der Waals surface area (Å²) in [5, 5.41) is 11.6. The van der Waals surface area contributed by atoms with Crippen LogP contribution in [0.3, 0.4) is 0 Å². The molecule has 0 atom stereocenters. The van der Waals surface area contributed by atoms with Gasteiger partial charge in [-0.1, -0.05) is 5.92 Å². The third-order valence-electron chi connectivity index (χ3n) is 4.07. The van der Waals surface area contributed by atoms with Gasteiger partial charge in [-0.2, -0.15) is 0 Å². The van der Waals surface area contributed by atoms with E-state index in [2.05, 4.69) is 27.2 Å². The normalized spacial score (nSPS) is 15.0. The van der Waals surface area contributed by atoms with Crippen LogP contribution >= 0.6 is 15.9 Å². The van der Waals surface area contributed by atoms with Crippen molar-refractivity contribution in [2.75, 3.05) is 18.6 Å². The predicted molar refractivity (Wildman–Crippen MR) is 112 cm³/mol. The number of imide groups is 2. The van der Waals surface area contributed by atoms with E-state index in [-0.39, 0.29) is 23.6 Å². The molecule has 30 heavy (non-hydrogen) atoms. The van der Waals surface area contributed by atoms with Gasteiger partial charge in [0.1, 0.15) is 17.9 Å². The van der Waals surface area contributed by atoms with Gasteiger partial charge in [-0.3, -0.25) is 14.9 Å². The lowest BCUT2D eigenvalue weighted by Crippen LogP contribution is -2.54. The summed E-state index contributed by atoms with van der Waals surface area (Å²) in [6.45, 7) is 0.0278. The third kappa shape index (κ3) is 4.14. The molecule has 152 valence electrons. The Morgan fingerprint density at radius 3 is 2.57 bits per heavy atom. The molecule has 0 unspecified atom stereocenters. The van der Waals surface area contributed by atoms with E-state index in [1.165, 1.54) is 37.5 Å². The summed E-state index contributed by atoms with van der Waals surface area (Å²) in [5.74, 6) is 1.39. The van der Waals surface area contributed by atoms with Gasteiger partial charge < -0.3 is 14.6 Å². The van der Waals surface area contributed by atoms with Crippen LogP contribution in [-0.2, 0) is 9.59 Å². The van der Waals surface area contributed by atoms with Crippen molar-refractivity contribution in [1.82, 2.24) is 5.32 Å². The number of phenols is 1. The van der Waals surface area contributed by atoms with Crippen LogP contribution in [-0.4, -0.2) is 36.7 Å². The van der Waals surface area contributed by atoms with Crippen LogP contribution in [0.2, 0.25) is 0 Å². The van der Waals surface area contributed by atoms with Crippen LogP contribution in [0.25, 0.3) is 6.08 Å². The SMILES string of the molecule is C#CCOc1c(Br)cc(/C=C2\C(=O)NC(=O)N(c3ccc(O)cc3)C2=O)cc1OC. The summed E-state index contributed by atoms with van der Waals surface area (Å²) in [6.07, 6.45) is 6.54. The lowest BCUT2D eigenvalue weighted by Gasteiger charge is -2.26. The molecule has 8 nitrogen and oxygen atoms in total. The van der Waals surface area contributed by atoms with Crippen LogP contribution in [0.4, 0.5) is 10.5 Å². The lowest BCUT2D eigenvalue weighted by atomic mass is 10.1. The van der Waals surface area contributed by atoms with Gasteiger partial charge in [0.2, 0.25) is 0 Å². The van der Waals surface area contributed by atoms with Crippen molar-refractivity contribution in [3.8, 4) is 29.6 Å². The van der Waals surface area contributed by atoms with E-state index in [4.69, 9.17) is 15.9 Å². The van der Waals surface area contributed by atoms with E-state index >= 15 is 0 Å². The maximum Gasteiger partial charge on any atom is 0.335 e. The summed E-state index contributed by atoms with van der Waals surface area (Å²) in [5.41, 5.74) is 0.393. The molecule has 1 aliphatic rings. The number of methoxy groups -OCH3 is 1. The van der Waals surface area contributed by atoms with E-state index in [0.717, 1.165) is 4.90 Å². The Labute approximate surface area is 180 Å². The maximum atomic E-state index is 12.9. The van der Waals surface area contributed by atoms with Gasteiger partial charge in [0.05, 0.1) is 17.3 Å². The van der Waals surface area contributed by atoms with Crippen LogP contribution in [0.1, 0.15) is 5.56 Å². The number of terminal acetylenes is 1. The number of nitrogens with zero attached hydrogens (tertiary/aromatic N) is 1. The fourth-order valence-corrected chi connectivity index (χ4v) is 3.31. The number of aromatic hydroxyl groups is 1. The number of carbonyl (C=O) groups excluding carboxylic acids is 3. The van der Waals surface area contributed by atoms with Crippen molar-refractivity contribution in [3.05, 3.63) is 52.0 Å². The van der Waals surface area contributed by atoms with Crippen molar-refractivity contribution < 1.29 is 29.0 Å². The van der Waals surface area contributed by atoms with E-state index < -0.39 is 17.8 Å². The molecule has 0 bridgehead atoms. The van der Waals surface area contributed by atoms with Gasteiger partial charge in [-0.25, -0.2) is 9.69 Å². The minimum atomic E-state index is -0.885. The summed E-state index contributed by atoms with van der Waals surface area (Å²) < 4.78 is 11.2. The highest BCUT2D eigenvalue weighted by Gasteiger charge is 2.36. The molecular weight excluding hydrogens is 456 g/mol. The van der Waals surface area contributed by atoms with Gasteiger partial charge in [0, 0.05) is 0 Å². The Hall–Kier alpha value is -3.77. The van der Waals surface area contributed by atoms with Crippen molar-refractivity contribution in [2.45, 2.75) is 0 Å². The van der Waals surface area contributed by atoms with Crippen molar-refractivity contribution in [3.63, 3.8) is 0 Å². The summed E-state index contributed by atoms with van der Waals surface area (Å²) in [7, 11) is 1.44. The number of hydrogen-bond donors (Lipinski definition) is 2. The highest BCUT2D eigenvalue weighted by molar-refractivity contribution is 9.10. The van der Waals surface area contributed by atoms with Gasteiger partial charge in [0.25, 0.3) is 11.8 Å². The lowest BCUT2D eigenvalue weighted by molar-refractivity contribution is -0.122. The minimum Gasteiger partial charge on any atom is -0.508 e.